The van der Waals surface area contributed by atoms with E-state index in [2.05, 4.69) is 88.4 Å². The van der Waals surface area contributed by atoms with Gasteiger partial charge in [-0.2, -0.15) is 0 Å². The fourth-order valence-electron chi connectivity index (χ4n) is 8.31. The van der Waals surface area contributed by atoms with Crippen molar-refractivity contribution in [1.82, 2.24) is 5.32 Å². The van der Waals surface area contributed by atoms with Crippen molar-refractivity contribution in [2.75, 3.05) is 13.2 Å². The molecule has 0 spiro atoms. The molecule has 3 heterocycles. The first kappa shape index (κ1) is 37.7. The Morgan fingerprint density at radius 2 is 0.932 bits per heavy atom. The SMILES string of the molecule is CCC1O[C@H](OCC(CC[C@H]2OC(CC)[C@@H](C)C(C)[C@@H]2C)(CO[C@H]2OC(CC)[C@@H](C)C(C)[C@@H]2C)NC(C)=O)[C@@H](C)C(C)[C@@H]1C. The number of carbonyl (C=O) groups is 1. The van der Waals surface area contributed by atoms with E-state index >= 15 is 0 Å². The van der Waals surface area contributed by atoms with E-state index in [-0.39, 0.29) is 54.7 Å². The van der Waals surface area contributed by atoms with Gasteiger partial charge in [0, 0.05) is 18.8 Å². The van der Waals surface area contributed by atoms with Gasteiger partial charge in [-0.1, -0.05) is 83.1 Å². The summed E-state index contributed by atoms with van der Waals surface area (Å²) in [5, 5.41) is 3.34. The molecule has 0 aromatic heterocycles. The Kier molecular flexibility index (Phi) is 14.1. The molecule has 3 aliphatic rings. The summed E-state index contributed by atoms with van der Waals surface area (Å²) in [6.07, 6.45) is 4.46. The highest BCUT2D eigenvalue weighted by Gasteiger charge is 2.45. The lowest BCUT2D eigenvalue weighted by atomic mass is 9.74. The van der Waals surface area contributed by atoms with Gasteiger partial charge in [0.05, 0.1) is 43.2 Å². The first-order valence-corrected chi connectivity index (χ1v) is 18.2. The van der Waals surface area contributed by atoms with E-state index < -0.39 is 5.54 Å². The van der Waals surface area contributed by atoms with Gasteiger partial charge in [-0.15, -0.1) is 0 Å². The van der Waals surface area contributed by atoms with E-state index in [9.17, 15) is 4.79 Å². The van der Waals surface area contributed by atoms with Gasteiger partial charge in [0.1, 0.15) is 0 Å². The zero-order chi connectivity index (χ0) is 32.9. The molecule has 44 heavy (non-hydrogen) atoms. The van der Waals surface area contributed by atoms with Crippen LogP contribution in [0.15, 0.2) is 0 Å². The molecule has 3 fully saturated rings. The summed E-state index contributed by atoms with van der Waals surface area (Å²) in [6, 6.07) is 0. The van der Waals surface area contributed by atoms with Crippen LogP contribution >= 0.6 is 0 Å². The van der Waals surface area contributed by atoms with Gasteiger partial charge in [-0.3, -0.25) is 4.79 Å². The van der Waals surface area contributed by atoms with Crippen molar-refractivity contribution in [1.29, 1.82) is 0 Å². The lowest BCUT2D eigenvalue weighted by molar-refractivity contribution is -0.270. The summed E-state index contributed by atoms with van der Waals surface area (Å²) in [6.45, 7) is 29.5. The highest BCUT2D eigenvalue weighted by molar-refractivity contribution is 5.73. The second-order valence-corrected chi connectivity index (χ2v) is 15.4. The highest BCUT2D eigenvalue weighted by atomic mass is 16.7. The first-order valence-electron chi connectivity index (χ1n) is 18.2. The van der Waals surface area contributed by atoms with Crippen LogP contribution in [0.3, 0.4) is 0 Å². The molecule has 15 atom stereocenters. The fourth-order valence-corrected chi connectivity index (χ4v) is 8.31. The van der Waals surface area contributed by atoms with Crippen LogP contribution in [-0.4, -0.2) is 61.7 Å². The van der Waals surface area contributed by atoms with E-state index in [0.29, 0.717) is 61.1 Å². The normalized spacial score (nSPS) is 44.6. The second kappa shape index (κ2) is 16.4. The predicted molar refractivity (Wildman–Crippen MR) is 177 cm³/mol. The van der Waals surface area contributed by atoms with Gasteiger partial charge in [0.25, 0.3) is 0 Å². The molecule has 7 nitrogen and oxygen atoms in total. The minimum Gasteiger partial charge on any atom is -0.374 e. The van der Waals surface area contributed by atoms with Gasteiger partial charge < -0.3 is 29.0 Å². The van der Waals surface area contributed by atoms with Crippen LogP contribution in [0, 0.1) is 53.3 Å². The summed E-state index contributed by atoms with van der Waals surface area (Å²) >= 11 is 0. The van der Waals surface area contributed by atoms with Crippen LogP contribution in [-0.2, 0) is 28.5 Å². The predicted octanol–water partition coefficient (Wildman–Crippen LogP) is 7.85. The average Bonchev–Trinajstić information content (AvgIpc) is 3.00. The third kappa shape index (κ3) is 8.59. The number of hydrogen-bond acceptors (Lipinski definition) is 6. The number of carbonyl (C=O) groups excluding carboxylic acids is 1. The van der Waals surface area contributed by atoms with Crippen molar-refractivity contribution in [3.63, 3.8) is 0 Å². The zero-order valence-corrected chi connectivity index (χ0v) is 30.6. The second-order valence-electron chi connectivity index (χ2n) is 15.4. The van der Waals surface area contributed by atoms with Gasteiger partial charge >= 0.3 is 0 Å². The van der Waals surface area contributed by atoms with Crippen LogP contribution in [0.25, 0.3) is 0 Å². The lowest BCUT2D eigenvalue weighted by Gasteiger charge is -2.47. The topological polar surface area (TPSA) is 75.2 Å². The van der Waals surface area contributed by atoms with E-state index in [1.54, 1.807) is 6.92 Å². The van der Waals surface area contributed by atoms with E-state index in [1.165, 1.54) is 0 Å². The fraction of sp³-hybridized carbons (Fsp3) is 0.973. The first-order chi connectivity index (χ1) is 20.7. The molecule has 0 aromatic carbocycles. The molecule has 0 saturated carbocycles. The molecule has 3 saturated heterocycles. The van der Waals surface area contributed by atoms with Crippen LogP contribution in [0.2, 0.25) is 0 Å². The maximum Gasteiger partial charge on any atom is 0.217 e. The molecule has 0 radical (unpaired) electrons. The molecule has 3 rings (SSSR count). The van der Waals surface area contributed by atoms with Crippen molar-refractivity contribution in [2.45, 2.75) is 165 Å². The number of ether oxygens (including phenoxy) is 5. The third-order valence-corrected chi connectivity index (χ3v) is 12.8. The smallest absolute Gasteiger partial charge is 0.217 e. The standard InChI is InChI=1S/C37H69NO6/c1-14-31-24(7)21(4)27(10)34(42-31)17-18-37(38-30(13)39,19-40-35-28(11)22(5)25(8)32(15-2)43-35)20-41-36-29(12)23(6)26(9)33(16-3)44-36/h21-29,31-36H,14-20H2,1-13H3,(H,38,39)/t21?,22?,23?,24-,25-,26-,27-,28-,29-,31?,32?,33?,34+,35-,36-,37?/m0/s1. The summed E-state index contributed by atoms with van der Waals surface area (Å²) in [5.74, 6) is 3.82. The number of amides is 1. The van der Waals surface area contributed by atoms with E-state index in [1.807, 2.05) is 0 Å². The Morgan fingerprint density at radius 1 is 0.568 bits per heavy atom. The van der Waals surface area contributed by atoms with Crippen molar-refractivity contribution in [3.8, 4) is 0 Å². The van der Waals surface area contributed by atoms with Gasteiger partial charge in [0.2, 0.25) is 5.91 Å². The van der Waals surface area contributed by atoms with Gasteiger partial charge in [0.15, 0.2) is 12.6 Å². The van der Waals surface area contributed by atoms with Crippen molar-refractivity contribution in [2.24, 2.45) is 53.3 Å². The summed E-state index contributed by atoms with van der Waals surface area (Å²) in [5.41, 5.74) is -0.739. The number of rotatable bonds is 13. The quantitative estimate of drug-likeness (QED) is 0.225. The van der Waals surface area contributed by atoms with Crippen molar-refractivity contribution in [3.05, 3.63) is 0 Å². The Labute approximate surface area is 270 Å². The maximum absolute atomic E-state index is 12.9. The third-order valence-electron chi connectivity index (χ3n) is 12.8. The summed E-state index contributed by atoms with van der Waals surface area (Å²) in [4.78, 5) is 12.9. The monoisotopic (exact) mass is 624 g/mol. The van der Waals surface area contributed by atoms with Gasteiger partial charge in [-0.05, 0) is 73.5 Å². The van der Waals surface area contributed by atoms with Crippen LogP contribution in [0.5, 0.6) is 0 Å². The minimum atomic E-state index is -0.739. The molecule has 0 aliphatic carbocycles. The zero-order valence-electron chi connectivity index (χ0n) is 30.6. The highest BCUT2D eigenvalue weighted by Crippen LogP contribution is 2.41. The number of hydrogen-bond donors (Lipinski definition) is 1. The average molecular weight is 624 g/mol. The Morgan fingerprint density at radius 3 is 1.32 bits per heavy atom. The minimum absolute atomic E-state index is 0.0830. The molecule has 1 N–H and O–H groups in total. The maximum atomic E-state index is 12.9. The van der Waals surface area contributed by atoms with E-state index in [4.69, 9.17) is 23.7 Å². The molecular weight excluding hydrogens is 554 g/mol. The Bertz CT molecular complexity index is 780. The summed E-state index contributed by atoms with van der Waals surface area (Å²) in [7, 11) is 0. The Balaban J connectivity index is 1.86. The van der Waals surface area contributed by atoms with Crippen LogP contribution in [0.4, 0.5) is 0 Å². The molecule has 7 heteroatoms. The molecule has 0 bridgehead atoms. The van der Waals surface area contributed by atoms with Crippen molar-refractivity contribution >= 4 is 5.91 Å². The number of nitrogens with one attached hydrogen (secondary N) is 1. The van der Waals surface area contributed by atoms with Gasteiger partial charge in [-0.25, -0.2) is 0 Å². The van der Waals surface area contributed by atoms with Crippen LogP contribution < -0.4 is 5.32 Å². The summed E-state index contributed by atoms with van der Waals surface area (Å²) < 4.78 is 33.2. The molecule has 258 valence electrons. The largest absolute Gasteiger partial charge is 0.374 e. The molecule has 0 aromatic rings. The molecule has 3 aliphatic heterocycles. The van der Waals surface area contributed by atoms with E-state index in [0.717, 1.165) is 25.7 Å². The Hall–Kier alpha value is -0.730. The lowest BCUT2D eigenvalue weighted by Crippen LogP contribution is -2.58. The molecule has 6 unspecified atom stereocenters. The molecule has 1 amide bonds. The van der Waals surface area contributed by atoms with Crippen molar-refractivity contribution < 1.29 is 28.5 Å². The van der Waals surface area contributed by atoms with Crippen LogP contribution in [0.1, 0.15) is 122 Å². The molecular formula is C37H69NO6.